The van der Waals surface area contributed by atoms with Crippen LogP contribution in [0.15, 0.2) is 49.1 Å². The summed E-state index contributed by atoms with van der Waals surface area (Å²) in [6.45, 7) is 4.19. The van der Waals surface area contributed by atoms with Gasteiger partial charge in [-0.05, 0) is 29.3 Å². The minimum atomic E-state index is -0.417. The molecular weight excluding hydrogens is 426 g/mol. The van der Waals surface area contributed by atoms with Crippen LogP contribution in [-0.4, -0.2) is 57.7 Å². The number of anilines is 2. The largest absolute Gasteiger partial charge is 0.454 e. The number of piperazine rings is 1. The van der Waals surface area contributed by atoms with E-state index in [9.17, 15) is 10.1 Å². The monoisotopic (exact) mass is 449 g/mol. The molecule has 0 radical (unpaired) electrons. The van der Waals surface area contributed by atoms with Gasteiger partial charge in [-0.2, -0.15) is 0 Å². The Morgan fingerprint density at radius 3 is 2.70 bits per heavy atom. The molecule has 0 atom stereocenters. The van der Waals surface area contributed by atoms with Gasteiger partial charge < -0.3 is 19.7 Å². The van der Waals surface area contributed by atoms with Crippen molar-refractivity contribution in [2.45, 2.75) is 13.1 Å². The molecule has 11 nitrogen and oxygen atoms in total. The fourth-order valence-electron chi connectivity index (χ4n) is 4.00. The van der Waals surface area contributed by atoms with Crippen LogP contribution in [0.2, 0.25) is 0 Å². The van der Waals surface area contributed by atoms with Gasteiger partial charge in [-0.1, -0.05) is 12.1 Å². The maximum atomic E-state index is 11.9. The number of nitro groups is 1. The Morgan fingerprint density at radius 1 is 1.06 bits per heavy atom. The quantitative estimate of drug-likeness (QED) is 0.425. The standard InChI is InChI=1S/C22H23N7O4/c30-29(31)20-21(24-12-17-2-1-5-23-11-17)25-14-26-22(20)28-8-6-27(7-9-28)13-16-3-4-18-19(10-16)33-15-32-18/h1-5,10-11,14H,6-9,12-13,15H2,(H,24,25,26). The summed E-state index contributed by atoms with van der Waals surface area (Å²) in [6, 6.07) is 9.69. The molecule has 2 aliphatic heterocycles. The molecule has 0 spiro atoms. The molecule has 4 heterocycles. The summed E-state index contributed by atoms with van der Waals surface area (Å²) in [5.74, 6) is 2.09. The molecule has 0 saturated carbocycles. The molecule has 0 bridgehead atoms. The van der Waals surface area contributed by atoms with Gasteiger partial charge >= 0.3 is 5.69 Å². The summed E-state index contributed by atoms with van der Waals surface area (Å²) in [5.41, 5.74) is 1.94. The van der Waals surface area contributed by atoms with Gasteiger partial charge in [-0.15, -0.1) is 0 Å². The number of nitrogens with zero attached hydrogens (tertiary/aromatic N) is 6. The molecule has 0 aliphatic carbocycles. The fourth-order valence-corrected chi connectivity index (χ4v) is 4.00. The van der Waals surface area contributed by atoms with E-state index in [0.29, 0.717) is 25.5 Å². The second kappa shape index (κ2) is 9.25. The molecule has 3 aromatic rings. The van der Waals surface area contributed by atoms with Crippen LogP contribution in [0.1, 0.15) is 11.1 Å². The summed E-state index contributed by atoms with van der Waals surface area (Å²) in [6.07, 6.45) is 4.76. The van der Waals surface area contributed by atoms with Crippen LogP contribution >= 0.6 is 0 Å². The molecule has 5 rings (SSSR count). The van der Waals surface area contributed by atoms with Crippen molar-refractivity contribution >= 4 is 17.3 Å². The van der Waals surface area contributed by atoms with E-state index in [4.69, 9.17) is 9.47 Å². The number of pyridine rings is 1. The van der Waals surface area contributed by atoms with E-state index in [-0.39, 0.29) is 18.3 Å². The Hall–Kier alpha value is -3.99. The van der Waals surface area contributed by atoms with Crippen molar-refractivity contribution in [3.8, 4) is 11.5 Å². The van der Waals surface area contributed by atoms with Crippen molar-refractivity contribution in [1.29, 1.82) is 0 Å². The summed E-state index contributed by atoms with van der Waals surface area (Å²) >= 11 is 0. The zero-order valence-corrected chi connectivity index (χ0v) is 17.9. The third-order valence-electron chi connectivity index (χ3n) is 5.68. The first-order valence-electron chi connectivity index (χ1n) is 10.7. The lowest BCUT2D eigenvalue weighted by molar-refractivity contribution is -0.383. The number of rotatable bonds is 7. The number of aromatic nitrogens is 3. The molecular formula is C22H23N7O4. The molecule has 0 unspecified atom stereocenters. The Labute approximate surface area is 190 Å². The smallest absolute Gasteiger partial charge is 0.353 e. The lowest BCUT2D eigenvalue weighted by Crippen LogP contribution is -2.46. The highest BCUT2D eigenvalue weighted by atomic mass is 16.7. The minimum absolute atomic E-state index is 0.106. The van der Waals surface area contributed by atoms with Crippen molar-refractivity contribution in [3.63, 3.8) is 0 Å². The predicted molar refractivity (Wildman–Crippen MR) is 120 cm³/mol. The average Bonchev–Trinajstić information content (AvgIpc) is 3.31. The molecule has 0 amide bonds. The van der Waals surface area contributed by atoms with Gasteiger partial charge in [-0.3, -0.25) is 20.0 Å². The van der Waals surface area contributed by atoms with Crippen LogP contribution in [0.3, 0.4) is 0 Å². The first-order chi connectivity index (χ1) is 16.2. The topological polar surface area (TPSA) is 119 Å². The number of nitrogens with one attached hydrogen (secondary N) is 1. The van der Waals surface area contributed by atoms with Crippen molar-refractivity contribution in [2.75, 3.05) is 43.2 Å². The molecule has 170 valence electrons. The first kappa shape index (κ1) is 20.9. The van der Waals surface area contributed by atoms with E-state index in [1.165, 1.54) is 6.33 Å². The summed E-state index contributed by atoms with van der Waals surface area (Å²) in [4.78, 5) is 28.2. The normalized spacial score (nSPS) is 15.5. The minimum Gasteiger partial charge on any atom is -0.454 e. The third-order valence-corrected chi connectivity index (χ3v) is 5.68. The Kier molecular flexibility index (Phi) is 5.85. The van der Waals surface area contributed by atoms with E-state index in [1.54, 1.807) is 12.4 Å². The number of hydrogen-bond donors (Lipinski definition) is 1. The summed E-state index contributed by atoms with van der Waals surface area (Å²) < 4.78 is 10.8. The zero-order chi connectivity index (χ0) is 22.6. The molecule has 1 fully saturated rings. The zero-order valence-electron chi connectivity index (χ0n) is 17.9. The molecule has 1 saturated heterocycles. The maximum Gasteiger partial charge on any atom is 0.353 e. The van der Waals surface area contributed by atoms with Gasteiger partial charge in [0.05, 0.1) is 4.92 Å². The van der Waals surface area contributed by atoms with E-state index >= 15 is 0 Å². The third kappa shape index (κ3) is 4.62. The first-order valence-corrected chi connectivity index (χ1v) is 10.7. The van der Waals surface area contributed by atoms with E-state index < -0.39 is 4.92 Å². The lowest BCUT2D eigenvalue weighted by Gasteiger charge is -2.35. The Balaban J connectivity index is 1.25. The van der Waals surface area contributed by atoms with Gasteiger partial charge in [0.2, 0.25) is 18.4 Å². The summed E-state index contributed by atoms with van der Waals surface area (Å²) in [5, 5.41) is 15.0. The number of fused-ring (bicyclic) bond motifs is 1. The van der Waals surface area contributed by atoms with Gasteiger partial charge in [0.25, 0.3) is 0 Å². The van der Waals surface area contributed by atoms with Gasteiger partial charge in [0.15, 0.2) is 11.5 Å². The van der Waals surface area contributed by atoms with Crippen LogP contribution in [0.25, 0.3) is 0 Å². The van der Waals surface area contributed by atoms with Crippen molar-refractivity contribution < 1.29 is 14.4 Å². The van der Waals surface area contributed by atoms with Crippen molar-refractivity contribution in [2.24, 2.45) is 0 Å². The molecule has 11 heteroatoms. The second-order valence-corrected chi connectivity index (χ2v) is 7.82. The number of hydrogen-bond acceptors (Lipinski definition) is 10. The van der Waals surface area contributed by atoms with Crippen LogP contribution in [0, 0.1) is 10.1 Å². The van der Waals surface area contributed by atoms with Crippen LogP contribution in [0.4, 0.5) is 17.3 Å². The molecule has 2 aliphatic rings. The van der Waals surface area contributed by atoms with Crippen LogP contribution < -0.4 is 19.7 Å². The Bertz CT molecular complexity index is 1140. The van der Waals surface area contributed by atoms with Gasteiger partial charge in [0.1, 0.15) is 6.33 Å². The summed E-state index contributed by atoms with van der Waals surface area (Å²) in [7, 11) is 0. The van der Waals surface area contributed by atoms with Crippen LogP contribution in [0.5, 0.6) is 11.5 Å². The highest BCUT2D eigenvalue weighted by Crippen LogP contribution is 2.34. The fraction of sp³-hybridized carbons (Fsp3) is 0.318. The molecule has 2 aromatic heterocycles. The van der Waals surface area contributed by atoms with Crippen molar-refractivity contribution in [3.05, 3.63) is 70.3 Å². The van der Waals surface area contributed by atoms with E-state index in [1.807, 2.05) is 35.2 Å². The van der Waals surface area contributed by atoms with Gasteiger partial charge in [-0.25, -0.2) is 9.97 Å². The maximum absolute atomic E-state index is 11.9. The Morgan fingerprint density at radius 2 is 1.91 bits per heavy atom. The molecule has 1 N–H and O–H groups in total. The second-order valence-electron chi connectivity index (χ2n) is 7.82. The number of benzene rings is 1. The average molecular weight is 449 g/mol. The van der Waals surface area contributed by atoms with E-state index in [0.717, 1.165) is 42.3 Å². The number of ether oxygens (including phenoxy) is 2. The van der Waals surface area contributed by atoms with Crippen molar-refractivity contribution in [1.82, 2.24) is 19.9 Å². The highest BCUT2D eigenvalue weighted by molar-refractivity contribution is 5.70. The molecule has 1 aromatic carbocycles. The SMILES string of the molecule is O=[N+]([O-])c1c(NCc2cccnc2)ncnc1N1CCN(Cc2ccc3c(c2)OCO3)CC1. The van der Waals surface area contributed by atoms with Crippen LogP contribution in [-0.2, 0) is 13.1 Å². The lowest BCUT2D eigenvalue weighted by atomic mass is 10.1. The predicted octanol–water partition coefficient (Wildman–Crippen LogP) is 2.44. The highest BCUT2D eigenvalue weighted by Gasteiger charge is 2.29. The van der Waals surface area contributed by atoms with Gasteiger partial charge in [0, 0.05) is 51.7 Å². The van der Waals surface area contributed by atoms with E-state index in [2.05, 4.69) is 25.2 Å². The molecule has 33 heavy (non-hydrogen) atoms.